The molecule has 7 heteroatoms. The van der Waals surface area contributed by atoms with Gasteiger partial charge in [0.05, 0.1) is 19.3 Å². The van der Waals surface area contributed by atoms with Crippen molar-refractivity contribution in [1.29, 1.82) is 0 Å². The quantitative estimate of drug-likeness (QED) is 0.563. The van der Waals surface area contributed by atoms with Crippen molar-refractivity contribution in [3.63, 3.8) is 0 Å². The molecular formula is C26H31N3O4. The fourth-order valence-corrected chi connectivity index (χ4v) is 5.80. The lowest BCUT2D eigenvalue weighted by Crippen LogP contribution is -2.68. The van der Waals surface area contributed by atoms with Crippen molar-refractivity contribution >= 4 is 17.5 Å². The minimum absolute atomic E-state index is 0.000355. The van der Waals surface area contributed by atoms with Crippen LogP contribution >= 0.6 is 0 Å². The highest BCUT2D eigenvalue weighted by atomic mass is 16.5. The number of hydrogen-bond acceptors (Lipinski definition) is 5. The first-order valence-electron chi connectivity index (χ1n) is 11.8. The van der Waals surface area contributed by atoms with E-state index in [1.807, 2.05) is 48.5 Å². The van der Waals surface area contributed by atoms with Gasteiger partial charge in [0.15, 0.2) is 11.5 Å². The molecule has 3 saturated carbocycles. The highest BCUT2D eigenvalue weighted by Crippen LogP contribution is 2.51. The van der Waals surface area contributed by atoms with Crippen LogP contribution in [0.4, 0.5) is 5.69 Å². The van der Waals surface area contributed by atoms with Crippen LogP contribution in [0, 0.1) is 17.8 Å². The molecule has 2 aromatic rings. The monoisotopic (exact) mass is 449 g/mol. The fraction of sp³-hybridized carbons (Fsp3) is 0.462. The molecule has 0 radical (unpaired) electrons. The highest BCUT2D eigenvalue weighted by Gasteiger charge is 2.55. The van der Waals surface area contributed by atoms with E-state index in [4.69, 9.17) is 9.47 Å². The lowest BCUT2D eigenvalue weighted by molar-refractivity contribution is -0.132. The first-order valence-corrected chi connectivity index (χ1v) is 11.8. The summed E-state index contributed by atoms with van der Waals surface area (Å²) in [6.45, 7) is 1.09. The summed E-state index contributed by atoms with van der Waals surface area (Å²) in [5.74, 6) is 2.03. The Bertz CT molecular complexity index is 1040. The van der Waals surface area contributed by atoms with E-state index in [0.717, 1.165) is 37.8 Å². The van der Waals surface area contributed by atoms with Crippen molar-refractivity contribution < 1.29 is 19.1 Å². The minimum atomic E-state index is -0.437. The molecule has 1 aliphatic heterocycles. The van der Waals surface area contributed by atoms with Gasteiger partial charge in [0, 0.05) is 24.1 Å². The summed E-state index contributed by atoms with van der Waals surface area (Å²) in [6, 6.07) is 15.2. The molecule has 1 heterocycles. The molecule has 0 saturated heterocycles. The molecule has 3 fully saturated rings. The zero-order valence-corrected chi connectivity index (χ0v) is 18.9. The summed E-state index contributed by atoms with van der Waals surface area (Å²) < 4.78 is 11.1. The van der Waals surface area contributed by atoms with Crippen molar-refractivity contribution in [2.75, 3.05) is 25.6 Å². The Hall–Kier alpha value is -3.22. The normalized spacial score (nSPS) is 27.3. The second-order valence-electron chi connectivity index (χ2n) is 9.32. The number of amides is 2. The number of ether oxygens (including phenoxy) is 2. The number of methoxy groups -OCH3 is 1. The van der Waals surface area contributed by atoms with E-state index in [0.29, 0.717) is 30.2 Å². The van der Waals surface area contributed by atoms with E-state index in [1.165, 1.54) is 0 Å². The topological polar surface area (TPSA) is 88.7 Å². The van der Waals surface area contributed by atoms with E-state index in [2.05, 4.69) is 16.0 Å². The molecule has 0 aromatic heterocycles. The number of carbonyl (C=O) groups is 2. The molecule has 2 bridgehead atoms. The fourth-order valence-electron chi connectivity index (χ4n) is 5.80. The standard InChI is InChI=1S/C26H31N3O4/c1-32-22-9-4-5-10-23(22)33-14-6-13-27-24(30)20-15-18-12-11-17(20)16-26(18)28-21-8-3-2-7-19(21)25(31)29-26/h2-5,7-10,17-18,20,28H,6,11-16H2,1H3,(H,27,30)(H,29,31)/t17-,18+,20-,26-/m1/s1. The number of hydrogen-bond donors (Lipinski definition) is 3. The minimum Gasteiger partial charge on any atom is -0.493 e. The molecule has 1 spiro atoms. The number of fused-ring (bicyclic) bond motifs is 3. The molecule has 33 heavy (non-hydrogen) atoms. The summed E-state index contributed by atoms with van der Waals surface area (Å²) in [5.41, 5.74) is 1.15. The molecule has 3 aliphatic carbocycles. The molecule has 3 N–H and O–H groups in total. The Morgan fingerprint density at radius 2 is 1.88 bits per heavy atom. The van der Waals surface area contributed by atoms with E-state index in [1.54, 1.807) is 7.11 Å². The number of para-hydroxylation sites is 3. The molecule has 4 atom stereocenters. The maximum atomic E-state index is 13.0. The maximum Gasteiger partial charge on any atom is 0.255 e. The van der Waals surface area contributed by atoms with Crippen molar-refractivity contribution in [2.24, 2.45) is 17.8 Å². The summed E-state index contributed by atoms with van der Waals surface area (Å²) in [6.07, 6.45) is 4.36. The Morgan fingerprint density at radius 1 is 1.09 bits per heavy atom. The Kier molecular flexibility index (Phi) is 5.87. The third kappa shape index (κ3) is 4.12. The number of benzene rings is 2. The maximum absolute atomic E-state index is 13.0. The second kappa shape index (κ2) is 8.96. The van der Waals surface area contributed by atoms with Crippen LogP contribution < -0.4 is 25.4 Å². The molecule has 7 nitrogen and oxygen atoms in total. The molecule has 2 amide bonds. The van der Waals surface area contributed by atoms with Gasteiger partial charge in [-0.2, -0.15) is 0 Å². The van der Waals surface area contributed by atoms with Gasteiger partial charge in [-0.05, 0) is 62.3 Å². The Balaban J connectivity index is 1.14. The third-order valence-corrected chi connectivity index (χ3v) is 7.42. The van der Waals surface area contributed by atoms with E-state index >= 15 is 0 Å². The van der Waals surface area contributed by atoms with Crippen LogP contribution in [0.25, 0.3) is 0 Å². The van der Waals surface area contributed by atoms with Gasteiger partial charge in [-0.25, -0.2) is 0 Å². The largest absolute Gasteiger partial charge is 0.493 e. The van der Waals surface area contributed by atoms with Gasteiger partial charge < -0.3 is 25.4 Å². The lowest BCUT2D eigenvalue weighted by Gasteiger charge is -2.56. The first kappa shape index (κ1) is 21.6. The van der Waals surface area contributed by atoms with Gasteiger partial charge in [0.1, 0.15) is 5.66 Å². The number of carbonyl (C=O) groups excluding carboxylic acids is 2. The van der Waals surface area contributed by atoms with Gasteiger partial charge in [0.2, 0.25) is 5.91 Å². The van der Waals surface area contributed by atoms with Gasteiger partial charge in [-0.1, -0.05) is 24.3 Å². The Morgan fingerprint density at radius 3 is 2.67 bits per heavy atom. The highest BCUT2D eigenvalue weighted by molar-refractivity contribution is 6.02. The summed E-state index contributed by atoms with van der Waals surface area (Å²) in [4.78, 5) is 25.7. The third-order valence-electron chi connectivity index (χ3n) is 7.42. The average molecular weight is 450 g/mol. The van der Waals surface area contributed by atoms with Gasteiger partial charge in [-0.15, -0.1) is 0 Å². The van der Waals surface area contributed by atoms with Crippen LogP contribution in [-0.2, 0) is 4.79 Å². The first-order chi connectivity index (χ1) is 16.1. The molecule has 4 aliphatic rings. The molecular weight excluding hydrogens is 418 g/mol. The van der Waals surface area contributed by atoms with Crippen LogP contribution in [0.1, 0.15) is 42.5 Å². The van der Waals surface area contributed by atoms with Crippen molar-refractivity contribution in [3.8, 4) is 11.5 Å². The molecule has 6 rings (SSSR count). The van der Waals surface area contributed by atoms with Crippen LogP contribution in [-0.4, -0.2) is 37.7 Å². The van der Waals surface area contributed by atoms with Crippen LogP contribution in [0.5, 0.6) is 11.5 Å². The lowest BCUT2D eigenvalue weighted by atomic mass is 9.58. The van der Waals surface area contributed by atoms with Gasteiger partial charge in [-0.3, -0.25) is 9.59 Å². The average Bonchev–Trinajstić information content (AvgIpc) is 2.84. The Labute approximate surface area is 194 Å². The van der Waals surface area contributed by atoms with Crippen LogP contribution in [0.3, 0.4) is 0 Å². The van der Waals surface area contributed by atoms with Crippen molar-refractivity contribution in [3.05, 3.63) is 54.1 Å². The zero-order chi connectivity index (χ0) is 22.8. The molecule has 174 valence electrons. The van der Waals surface area contributed by atoms with E-state index < -0.39 is 5.66 Å². The van der Waals surface area contributed by atoms with E-state index in [-0.39, 0.29) is 29.6 Å². The number of rotatable bonds is 7. The number of anilines is 1. The molecule has 2 aromatic carbocycles. The predicted molar refractivity (Wildman–Crippen MR) is 125 cm³/mol. The molecule has 0 unspecified atom stereocenters. The van der Waals surface area contributed by atoms with Crippen molar-refractivity contribution in [2.45, 2.75) is 37.8 Å². The predicted octanol–water partition coefficient (Wildman–Crippen LogP) is 3.57. The van der Waals surface area contributed by atoms with E-state index in [9.17, 15) is 9.59 Å². The zero-order valence-electron chi connectivity index (χ0n) is 18.9. The van der Waals surface area contributed by atoms with Gasteiger partial charge in [0.25, 0.3) is 5.91 Å². The van der Waals surface area contributed by atoms with Crippen LogP contribution in [0.15, 0.2) is 48.5 Å². The SMILES string of the molecule is COc1ccccc1OCCCNC(=O)[C@@H]1C[C@@H]2CC[C@@H]1C[C@@]21NC(=O)c2ccccc2N1. The van der Waals surface area contributed by atoms with Crippen molar-refractivity contribution in [1.82, 2.24) is 10.6 Å². The summed E-state index contributed by atoms with van der Waals surface area (Å²) >= 11 is 0. The van der Waals surface area contributed by atoms with Crippen LogP contribution in [0.2, 0.25) is 0 Å². The second-order valence-corrected chi connectivity index (χ2v) is 9.32. The number of nitrogens with one attached hydrogen (secondary N) is 3. The smallest absolute Gasteiger partial charge is 0.255 e. The summed E-state index contributed by atoms with van der Waals surface area (Å²) in [5, 5.41) is 9.99. The van der Waals surface area contributed by atoms with Gasteiger partial charge >= 0.3 is 0 Å². The summed E-state index contributed by atoms with van der Waals surface area (Å²) in [7, 11) is 1.62.